The quantitative estimate of drug-likeness (QED) is 0.935. The number of hydrogen-bond acceptors (Lipinski definition) is 4. The highest BCUT2D eigenvalue weighted by molar-refractivity contribution is 5.96. The second-order valence-corrected chi connectivity index (χ2v) is 4.84. The summed E-state index contributed by atoms with van der Waals surface area (Å²) in [6.45, 7) is 1.25. The van der Waals surface area contributed by atoms with Gasteiger partial charge < -0.3 is 19.4 Å². The van der Waals surface area contributed by atoms with Gasteiger partial charge in [-0.3, -0.25) is 9.59 Å². The number of anilines is 1. The summed E-state index contributed by atoms with van der Waals surface area (Å²) in [6.07, 6.45) is 1.66. The Hall–Kier alpha value is -2.76. The number of carbonyl (C=O) groups excluding carboxylic acids is 2. The molecule has 0 fully saturated rings. The summed E-state index contributed by atoms with van der Waals surface area (Å²) in [5.41, 5.74) is 0.774. The first-order chi connectivity index (χ1) is 10.8. The van der Waals surface area contributed by atoms with Gasteiger partial charge in [0.25, 0.3) is 5.91 Å². The average Bonchev–Trinajstić information content (AvgIpc) is 3.08. The van der Waals surface area contributed by atoms with E-state index in [1.54, 1.807) is 17.0 Å². The summed E-state index contributed by atoms with van der Waals surface area (Å²) in [6, 6.07) is 10.7. The normalized spacial score (nSPS) is 13.2. The van der Waals surface area contributed by atoms with E-state index in [9.17, 15) is 9.59 Å². The first-order valence-electron chi connectivity index (χ1n) is 7.09. The number of para-hydroxylation sites is 2. The van der Waals surface area contributed by atoms with Gasteiger partial charge in [-0.05, 0) is 24.3 Å². The molecule has 3 rings (SSSR count). The van der Waals surface area contributed by atoms with Crippen molar-refractivity contribution in [1.29, 1.82) is 0 Å². The van der Waals surface area contributed by atoms with E-state index in [0.29, 0.717) is 18.9 Å². The molecule has 6 nitrogen and oxygen atoms in total. The zero-order chi connectivity index (χ0) is 15.4. The van der Waals surface area contributed by atoms with Gasteiger partial charge in [0.15, 0.2) is 5.76 Å². The van der Waals surface area contributed by atoms with Crippen LogP contribution in [-0.2, 0) is 4.79 Å². The molecule has 0 atom stereocenters. The fourth-order valence-electron chi connectivity index (χ4n) is 2.34. The highest BCUT2D eigenvalue weighted by Crippen LogP contribution is 2.31. The maximum absolute atomic E-state index is 12.3. The molecule has 1 N–H and O–H groups in total. The van der Waals surface area contributed by atoms with Gasteiger partial charge in [0.05, 0.1) is 18.5 Å². The molecule has 22 heavy (non-hydrogen) atoms. The van der Waals surface area contributed by atoms with Gasteiger partial charge in [0, 0.05) is 13.0 Å². The molecule has 0 spiro atoms. The Morgan fingerprint density at radius 1 is 1.18 bits per heavy atom. The molecule has 1 aliphatic rings. The van der Waals surface area contributed by atoms with Crippen LogP contribution >= 0.6 is 0 Å². The van der Waals surface area contributed by atoms with E-state index < -0.39 is 0 Å². The summed E-state index contributed by atoms with van der Waals surface area (Å²) >= 11 is 0. The van der Waals surface area contributed by atoms with E-state index in [1.807, 2.05) is 24.3 Å². The molecule has 0 saturated heterocycles. The van der Waals surface area contributed by atoms with Crippen LogP contribution in [0.15, 0.2) is 47.1 Å². The second-order valence-electron chi connectivity index (χ2n) is 4.84. The summed E-state index contributed by atoms with van der Waals surface area (Å²) in [7, 11) is 0. The molecule has 0 bridgehead atoms. The minimum atomic E-state index is -0.319. The first kappa shape index (κ1) is 14.2. The Bertz CT molecular complexity index is 667. The van der Waals surface area contributed by atoms with Gasteiger partial charge in [-0.15, -0.1) is 0 Å². The minimum absolute atomic E-state index is 0.0458. The molecule has 2 heterocycles. The summed E-state index contributed by atoms with van der Waals surface area (Å²) < 4.78 is 10.5. The minimum Gasteiger partial charge on any atom is -0.490 e. The van der Waals surface area contributed by atoms with Gasteiger partial charge >= 0.3 is 0 Å². The number of amides is 2. The van der Waals surface area contributed by atoms with Gasteiger partial charge in [0.1, 0.15) is 12.4 Å². The molecule has 2 aromatic rings. The van der Waals surface area contributed by atoms with Crippen molar-refractivity contribution in [2.75, 3.05) is 24.6 Å². The van der Waals surface area contributed by atoms with Crippen LogP contribution in [0.2, 0.25) is 0 Å². The van der Waals surface area contributed by atoms with Crippen LogP contribution in [0, 0.1) is 0 Å². The lowest BCUT2D eigenvalue weighted by Gasteiger charge is -2.29. The third kappa shape index (κ3) is 2.95. The van der Waals surface area contributed by atoms with Crippen LogP contribution < -0.4 is 15.0 Å². The Morgan fingerprint density at radius 2 is 2.05 bits per heavy atom. The Labute approximate surface area is 127 Å². The van der Waals surface area contributed by atoms with Crippen molar-refractivity contribution >= 4 is 17.5 Å². The predicted octanol–water partition coefficient (Wildman–Crippen LogP) is 1.83. The number of nitrogens with one attached hydrogen (secondary N) is 1. The maximum Gasteiger partial charge on any atom is 0.286 e. The third-order valence-corrected chi connectivity index (χ3v) is 3.40. The van der Waals surface area contributed by atoms with Crippen molar-refractivity contribution in [1.82, 2.24) is 5.32 Å². The van der Waals surface area contributed by atoms with Crippen molar-refractivity contribution in [2.45, 2.75) is 6.42 Å². The number of fused-ring (bicyclic) bond motifs is 1. The molecule has 1 aliphatic heterocycles. The molecule has 1 aromatic heterocycles. The Kier molecular flexibility index (Phi) is 4.09. The van der Waals surface area contributed by atoms with Crippen molar-refractivity contribution in [3.63, 3.8) is 0 Å². The van der Waals surface area contributed by atoms with E-state index in [1.165, 1.54) is 6.26 Å². The molecule has 114 valence electrons. The average molecular weight is 300 g/mol. The van der Waals surface area contributed by atoms with Gasteiger partial charge in [-0.1, -0.05) is 12.1 Å². The summed E-state index contributed by atoms with van der Waals surface area (Å²) in [5.74, 6) is 0.585. The number of rotatable bonds is 4. The number of benzene rings is 1. The molecule has 1 aromatic carbocycles. The third-order valence-electron chi connectivity index (χ3n) is 3.40. The van der Waals surface area contributed by atoms with E-state index in [4.69, 9.17) is 9.15 Å². The molecule has 0 unspecified atom stereocenters. The monoisotopic (exact) mass is 300 g/mol. The number of nitrogens with zero attached hydrogens (tertiary/aromatic N) is 1. The van der Waals surface area contributed by atoms with Gasteiger partial charge in [-0.25, -0.2) is 0 Å². The Morgan fingerprint density at radius 3 is 2.86 bits per heavy atom. The highest BCUT2D eigenvalue weighted by Gasteiger charge is 2.23. The first-order valence-corrected chi connectivity index (χ1v) is 7.09. The number of hydrogen-bond donors (Lipinski definition) is 1. The van der Waals surface area contributed by atoms with E-state index in [0.717, 1.165) is 5.69 Å². The lowest BCUT2D eigenvalue weighted by molar-refractivity contribution is -0.118. The SMILES string of the molecule is O=C(NCCC(=O)N1CCOc2ccccc21)c1ccco1. The largest absolute Gasteiger partial charge is 0.490 e. The topological polar surface area (TPSA) is 71.8 Å². The smallest absolute Gasteiger partial charge is 0.286 e. The van der Waals surface area contributed by atoms with Crippen LogP contribution in [-0.4, -0.2) is 31.5 Å². The highest BCUT2D eigenvalue weighted by atomic mass is 16.5. The zero-order valence-corrected chi connectivity index (χ0v) is 12.0. The zero-order valence-electron chi connectivity index (χ0n) is 12.0. The Balaban J connectivity index is 1.56. The van der Waals surface area contributed by atoms with E-state index >= 15 is 0 Å². The van der Waals surface area contributed by atoms with E-state index in [-0.39, 0.29) is 30.5 Å². The van der Waals surface area contributed by atoms with Crippen LogP contribution in [0.1, 0.15) is 17.0 Å². The van der Waals surface area contributed by atoms with Crippen molar-refractivity contribution in [3.8, 4) is 5.75 Å². The standard InChI is InChI=1S/C16H16N2O4/c19-15(7-8-17-16(20)14-6-3-10-21-14)18-9-11-22-13-5-2-1-4-12(13)18/h1-6,10H,7-9,11H2,(H,17,20). The summed E-state index contributed by atoms with van der Waals surface area (Å²) in [4.78, 5) is 25.7. The van der Waals surface area contributed by atoms with Crippen LogP contribution in [0.25, 0.3) is 0 Å². The lowest BCUT2D eigenvalue weighted by atomic mass is 10.2. The second kappa shape index (κ2) is 6.34. The lowest BCUT2D eigenvalue weighted by Crippen LogP contribution is -2.39. The van der Waals surface area contributed by atoms with Crippen molar-refractivity contribution in [2.24, 2.45) is 0 Å². The van der Waals surface area contributed by atoms with Crippen molar-refractivity contribution < 1.29 is 18.7 Å². The molecule has 2 amide bonds. The molecule has 0 saturated carbocycles. The van der Waals surface area contributed by atoms with Crippen molar-refractivity contribution in [3.05, 3.63) is 48.4 Å². The van der Waals surface area contributed by atoms with Gasteiger partial charge in [0.2, 0.25) is 5.91 Å². The fraction of sp³-hybridized carbons (Fsp3) is 0.250. The molecule has 0 radical (unpaired) electrons. The fourth-order valence-corrected chi connectivity index (χ4v) is 2.34. The number of furan rings is 1. The van der Waals surface area contributed by atoms with Crippen LogP contribution in [0.3, 0.4) is 0 Å². The summed E-state index contributed by atoms with van der Waals surface area (Å²) in [5, 5.41) is 2.67. The number of ether oxygens (including phenoxy) is 1. The van der Waals surface area contributed by atoms with Crippen LogP contribution in [0.5, 0.6) is 5.75 Å². The molecule has 6 heteroatoms. The number of carbonyl (C=O) groups is 2. The van der Waals surface area contributed by atoms with Crippen LogP contribution in [0.4, 0.5) is 5.69 Å². The molecular weight excluding hydrogens is 284 g/mol. The van der Waals surface area contributed by atoms with Gasteiger partial charge in [-0.2, -0.15) is 0 Å². The maximum atomic E-state index is 12.3. The molecule has 0 aliphatic carbocycles. The molecular formula is C16H16N2O4. The van der Waals surface area contributed by atoms with E-state index in [2.05, 4.69) is 5.32 Å². The predicted molar refractivity (Wildman–Crippen MR) is 79.9 cm³/mol.